The normalized spacial score (nSPS) is 10.7. The molecular weight excluding hydrogens is 410 g/mol. The first-order valence-electron chi connectivity index (χ1n) is 9.77. The van der Waals surface area contributed by atoms with E-state index in [1.54, 1.807) is 32.7 Å². The Hall–Kier alpha value is -4.40. The minimum Gasteiger partial charge on any atom is -0.497 e. The van der Waals surface area contributed by atoms with Gasteiger partial charge in [0.25, 0.3) is 11.5 Å². The standard InChI is InChI=1S/C23H21N5O4/c1-31-17-8-4-15(5-9-17)20(16-6-10-18(32-2)11-7-16)26-21(29)19-14-24-23(27-22(19)30)28-13-3-12-25-28/h3-14,20H,1-2H3,(H,26,29)(H,24,27,30). The number of methoxy groups -OCH3 is 2. The summed E-state index contributed by atoms with van der Waals surface area (Å²) in [6.45, 7) is 0. The zero-order valence-corrected chi connectivity index (χ0v) is 17.5. The van der Waals surface area contributed by atoms with E-state index < -0.39 is 17.5 Å². The summed E-state index contributed by atoms with van der Waals surface area (Å²) in [5, 5.41) is 6.95. The molecule has 2 aromatic carbocycles. The van der Waals surface area contributed by atoms with Gasteiger partial charge in [-0.1, -0.05) is 24.3 Å². The lowest BCUT2D eigenvalue weighted by atomic mass is 9.98. The molecule has 0 fully saturated rings. The number of hydrogen-bond donors (Lipinski definition) is 2. The van der Waals surface area contributed by atoms with Crippen LogP contribution >= 0.6 is 0 Å². The number of ether oxygens (including phenoxy) is 2. The van der Waals surface area contributed by atoms with E-state index in [9.17, 15) is 9.59 Å². The van der Waals surface area contributed by atoms with Crippen LogP contribution in [0.5, 0.6) is 11.5 Å². The van der Waals surface area contributed by atoms with Crippen LogP contribution in [0.1, 0.15) is 27.5 Å². The summed E-state index contributed by atoms with van der Waals surface area (Å²) in [5.74, 6) is 1.06. The van der Waals surface area contributed by atoms with Gasteiger partial charge in [0.2, 0.25) is 5.95 Å². The van der Waals surface area contributed by atoms with E-state index in [1.807, 2.05) is 48.5 Å². The number of nitrogens with one attached hydrogen (secondary N) is 2. The van der Waals surface area contributed by atoms with Gasteiger partial charge in [0.1, 0.15) is 17.1 Å². The third kappa shape index (κ3) is 4.36. The maximum atomic E-state index is 13.0. The summed E-state index contributed by atoms with van der Waals surface area (Å²) in [4.78, 5) is 32.3. The van der Waals surface area contributed by atoms with Crippen molar-refractivity contribution in [3.05, 3.63) is 100 Å². The highest BCUT2D eigenvalue weighted by molar-refractivity contribution is 5.94. The number of H-pyrrole nitrogens is 1. The van der Waals surface area contributed by atoms with Gasteiger partial charge in [-0.25, -0.2) is 9.67 Å². The second kappa shape index (κ2) is 9.17. The number of rotatable bonds is 7. The van der Waals surface area contributed by atoms with Gasteiger partial charge in [-0.05, 0) is 41.5 Å². The highest BCUT2D eigenvalue weighted by Crippen LogP contribution is 2.26. The number of nitrogens with zero attached hydrogens (tertiary/aromatic N) is 3. The summed E-state index contributed by atoms with van der Waals surface area (Å²) < 4.78 is 11.9. The van der Waals surface area contributed by atoms with E-state index in [2.05, 4.69) is 20.4 Å². The quantitative estimate of drug-likeness (QED) is 0.465. The van der Waals surface area contributed by atoms with Crippen LogP contribution in [-0.2, 0) is 0 Å². The van der Waals surface area contributed by atoms with Crippen molar-refractivity contribution >= 4 is 5.91 Å². The Morgan fingerprint density at radius 3 is 2.06 bits per heavy atom. The van der Waals surface area contributed by atoms with Crippen molar-refractivity contribution in [1.82, 2.24) is 25.1 Å². The molecule has 162 valence electrons. The molecule has 0 radical (unpaired) electrons. The van der Waals surface area contributed by atoms with E-state index in [4.69, 9.17) is 9.47 Å². The number of aromatic amines is 1. The molecule has 0 saturated carbocycles. The molecule has 4 rings (SSSR count). The molecule has 0 aliphatic heterocycles. The van der Waals surface area contributed by atoms with E-state index in [1.165, 1.54) is 10.9 Å². The molecule has 0 saturated heterocycles. The lowest BCUT2D eigenvalue weighted by Gasteiger charge is -2.20. The highest BCUT2D eigenvalue weighted by atomic mass is 16.5. The average Bonchev–Trinajstić information content (AvgIpc) is 3.38. The largest absolute Gasteiger partial charge is 0.497 e. The van der Waals surface area contributed by atoms with E-state index in [0.717, 1.165) is 11.1 Å². The Balaban J connectivity index is 1.65. The van der Waals surface area contributed by atoms with E-state index >= 15 is 0 Å². The number of hydrogen-bond acceptors (Lipinski definition) is 6. The van der Waals surface area contributed by atoms with Crippen molar-refractivity contribution in [1.29, 1.82) is 0 Å². The Bertz CT molecular complexity index is 1200. The topological polar surface area (TPSA) is 111 Å². The van der Waals surface area contributed by atoms with Gasteiger partial charge in [-0.15, -0.1) is 0 Å². The van der Waals surface area contributed by atoms with Crippen molar-refractivity contribution in [2.24, 2.45) is 0 Å². The van der Waals surface area contributed by atoms with Crippen LogP contribution in [0, 0.1) is 0 Å². The molecule has 1 amide bonds. The number of carbonyl (C=O) groups excluding carboxylic acids is 1. The van der Waals surface area contributed by atoms with E-state index in [-0.39, 0.29) is 11.5 Å². The third-order valence-corrected chi connectivity index (χ3v) is 4.93. The molecule has 0 unspecified atom stereocenters. The summed E-state index contributed by atoms with van der Waals surface area (Å²) >= 11 is 0. The average molecular weight is 431 g/mol. The third-order valence-electron chi connectivity index (χ3n) is 4.93. The molecule has 0 aliphatic carbocycles. The van der Waals surface area contributed by atoms with Gasteiger partial charge >= 0.3 is 0 Å². The number of benzene rings is 2. The van der Waals surface area contributed by atoms with Gasteiger partial charge in [-0.2, -0.15) is 5.10 Å². The molecule has 2 heterocycles. The van der Waals surface area contributed by atoms with Crippen LogP contribution in [-0.4, -0.2) is 39.9 Å². The maximum Gasteiger partial charge on any atom is 0.265 e. The Morgan fingerprint density at radius 2 is 1.59 bits per heavy atom. The summed E-state index contributed by atoms with van der Waals surface area (Å²) in [5.41, 5.74) is 0.975. The predicted molar refractivity (Wildman–Crippen MR) is 117 cm³/mol. The smallest absolute Gasteiger partial charge is 0.265 e. The van der Waals surface area contributed by atoms with Crippen LogP contribution in [0.3, 0.4) is 0 Å². The fraction of sp³-hybridized carbons (Fsp3) is 0.130. The van der Waals surface area contributed by atoms with Crippen LogP contribution in [0.4, 0.5) is 0 Å². The number of aromatic nitrogens is 4. The molecule has 0 atom stereocenters. The zero-order valence-electron chi connectivity index (χ0n) is 17.5. The fourth-order valence-corrected chi connectivity index (χ4v) is 3.22. The van der Waals surface area contributed by atoms with Crippen molar-refractivity contribution in [3.63, 3.8) is 0 Å². The molecule has 9 nitrogen and oxygen atoms in total. The van der Waals surface area contributed by atoms with Crippen LogP contribution < -0.4 is 20.3 Å². The van der Waals surface area contributed by atoms with Crippen molar-refractivity contribution in [2.45, 2.75) is 6.04 Å². The molecule has 9 heteroatoms. The zero-order chi connectivity index (χ0) is 22.5. The first-order valence-corrected chi connectivity index (χ1v) is 9.77. The summed E-state index contributed by atoms with van der Waals surface area (Å²) in [6.07, 6.45) is 4.45. The van der Waals surface area contributed by atoms with E-state index in [0.29, 0.717) is 11.5 Å². The van der Waals surface area contributed by atoms with Gasteiger partial charge in [0, 0.05) is 18.6 Å². The predicted octanol–water partition coefficient (Wildman–Crippen LogP) is 2.49. The minimum atomic E-state index is -0.564. The monoisotopic (exact) mass is 431 g/mol. The Morgan fingerprint density at radius 1 is 1.00 bits per heavy atom. The molecule has 0 aliphatic rings. The van der Waals surface area contributed by atoms with Crippen LogP contribution in [0.25, 0.3) is 5.95 Å². The van der Waals surface area contributed by atoms with Crippen molar-refractivity contribution in [2.75, 3.05) is 14.2 Å². The summed E-state index contributed by atoms with van der Waals surface area (Å²) in [7, 11) is 3.17. The molecule has 0 bridgehead atoms. The second-order valence-corrected chi connectivity index (χ2v) is 6.85. The lowest BCUT2D eigenvalue weighted by molar-refractivity contribution is 0.0941. The minimum absolute atomic E-state index is 0.104. The van der Waals surface area contributed by atoms with Crippen molar-refractivity contribution < 1.29 is 14.3 Å². The van der Waals surface area contributed by atoms with Gasteiger partial charge in [0.15, 0.2) is 0 Å². The Kier molecular flexibility index (Phi) is 5.98. The Labute approximate surface area is 183 Å². The lowest BCUT2D eigenvalue weighted by Crippen LogP contribution is -2.34. The molecule has 2 aromatic heterocycles. The molecule has 0 spiro atoms. The van der Waals surface area contributed by atoms with Crippen LogP contribution in [0.2, 0.25) is 0 Å². The molecular formula is C23H21N5O4. The fourth-order valence-electron chi connectivity index (χ4n) is 3.22. The SMILES string of the molecule is COc1ccc(C(NC(=O)c2cnc(-n3cccn3)[nH]c2=O)c2ccc(OC)cc2)cc1. The first-order chi connectivity index (χ1) is 15.6. The van der Waals surface area contributed by atoms with Gasteiger partial charge in [-0.3, -0.25) is 14.6 Å². The molecule has 32 heavy (non-hydrogen) atoms. The second-order valence-electron chi connectivity index (χ2n) is 6.85. The maximum absolute atomic E-state index is 13.0. The first kappa shape index (κ1) is 20.9. The molecule has 4 aromatic rings. The highest BCUT2D eigenvalue weighted by Gasteiger charge is 2.21. The van der Waals surface area contributed by atoms with Crippen LogP contribution in [0.15, 0.2) is 78.0 Å². The van der Waals surface area contributed by atoms with Crippen molar-refractivity contribution in [3.8, 4) is 17.4 Å². The number of amides is 1. The van der Waals surface area contributed by atoms with Gasteiger partial charge in [0.05, 0.1) is 20.3 Å². The van der Waals surface area contributed by atoms with Gasteiger partial charge < -0.3 is 14.8 Å². The molecule has 2 N–H and O–H groups in total. The summed E-state index contributed by atoms with van der Waals surface area (Å²) in [6, 6.07) is 15.9. The number of carbonyl (C=O) groups is 1.